The number of rotatable bonds is 13. The molecule has 180 valence electrons. The fourth-order valence-electron chi connectivity index (χ4n) is 3.14. The van der Waals surface area contributed by atoms with Crippen LogP contribution in [-0.4, -0.2) is 33.4 Å². The van der Waals surface area contributed by atoms with Gasteiger partial charge in [0.25, 0.3) is 10.2 Å². The van der Waals surface area contributed by atoms with E-state index in [-0.39, 0.29) is 12.4 Å². The van der Waals surface area contributed by atoms with Crippen molar-refractivity contribution in [1.82, 2.24) is 4.72 Å². The van der Waals surface area contributed by atoms with Crippen molar-refractivity contribution in [2.45, 2.75) is 46.1 Å². The van der Waals surface area contributed by atoms with E-state index in [4.69, 9.17) is 15.9 Å². The minimum Gasteiger partial charge on any atom is -0.464 e. The quantitative estimate of drug-likeness (QED) is 0.130. The molecular weight excluding hydrogens is 442 g/mol. The lowest BCUT2D eigenvalue weighted by Crippen LogP contribution is -2.31. The summed E-state index contributed by atoms with van der Waals surface area (Å²) in [7, 11) is -3.75. The molecule has 0 radical (unpaired) electrons. The van der Waals surface area contributed by atoms with Gasteiger partial charge in [-0.05, 0) is 67.3 Å². The molecule has 0 bridgehead atoms. The first-order chi connectivity index (χ1) is 15.7. The minimum atomic E-state index is -3.75. The maximum absolute atomic E-state index is 12.8. The molecular formula is C23H33N5O4S. The smallest absolute Gasteiger partial charge is 0.333 e. The number of ether oxygens (including phenoxy) is 1. The number of anilines is 2. The highest BCUT2D eigenvalue weighted by atomic mass is 32.2. The number of hydrogen-bond acceptors (Lipinski definition) is 6. The molecule has 0 saturated heterocycles. The number of nitrogens with one attached hydrogen (secondary N) is 4. The van der Waals surface area contributed by atoms with Gasteiger partial charge >= 0.3 is 5.97 Å². The molecule has 0 heterocycles. The summed E-state index contributed by atoms with van der Waals surface area (Å²) < 4.78 is 35.2. The molecule has 6 N–H and O–H groups in total. The average Bonchev–Trinajstić information content (AvgIpc) is 2.77. The summed E-state index contributed by atoms with van der Waals surface area (Å²) in [6.07, 6.45) is 2.26. The highest BCUT2D eigenvalue weighted by Crippen LogP contribution is 2.26. The third-order valence-electron chi connectivity index (χ3n) is 4.86. The number of carbonyl (C=O) groups is 1. The monoisotopic (exact) mass is 475 g/mol. The molecule has 0 amide bonds. The van der Waals surface area contributed by atoms with E-state index in [2.05, 4.69) is 14.8 Å². The van der Waals surface area contributed by atoms with Crippen molar-refractivity contribution in [1.29, 1.82) is 5.41 Å². The van der Waals surface area contributed by atoms with E-state index in [1.807, 2.05) is 19.9 Å². The summed E-state index contributed by atoms with van der Waals surface area (Å²) in [6.45, 7) is 6.20. The Labute approximate surface area is 195 Å². The fraction of sp³-hybridized carbons (Fsp3) is 0.391. The van der Waals surface area contributed by atoms with E-state index < -0.39 is 22.2 Å². The van der Waals surface area contributed by atoms with Gasteiger partial charge in [0.2, 0.25) is 0 Å². The topological polar surface area (TPSA) is 146 Å². The highest BCUT2D eigenvalue weighted by Gasteiger charge is 2.24. The third kappa shape index (κ3) is 8.07. The van der Waals surface area contributed by atoms with Gasteiger partial charge in [-0.1, -0.05) is 26.3 Å². The minimum absolute atomic E-state index is 0.0522. The molecule has 0 saturated carbocycles. The highest BCUT2D eigenvalue weighted by molar-refractivity contribution is 7.90. The molecule has 9 nitrogen and oxygen atoms in total. The Morgan fingerprint density at radius 2 is 1.79 bits per heavy atom. The molecule has 2 rings (SSSR count). The van der Waals surface area contributed by atoms with E-state index in [0.29, 0.717) is 35.5 Å². The average molecular weight is 476 g/mol. The van der Waals surface area contributed by atoms with E-state index in [1.54, 1.807) is 43.3 Å². The third-order valence-corrected chi connectivity index (χ3v) is 5.95. The van der Waals surface area contributed by atoms with E-state index in [1.165, 1.54) is 0 Å². The lowest BCUT2D eigenvalue weighted by atomic mass is 10.0. The van der Waals surface area contributed by atoms with Crippen LogP contribution < -0.4 is 20.5 Å². The standard InChI is InChI=1S/C23H33N5O4S/c1-4-7-12-26-33(30,31)28-20-14-16(5-2)13-18(15-20)21(23(29)32-6-3)27-19-10-8-17(9-11-19)22(24)25/h8-11,13-15,21,26-28H,4-7,12H2,1-3H3,(H3,24,25). The van der Waals surface area contributed by atoms with Gasteiger partial charge in [0.05, 0.1) is 12.3 Å². The molecule has 1 unspecified atom stereocenters. The molecule has 0 fully saturated rings. The van der Waals surface area contributed by atoms with Gasteiger partial charge in [-0.15, -0.1) is 0 Å². The Morgan fingerprint density at radius 1 is 1.09 bits per heavy atom. The number of nitrogen functional groups attached to an aromatic ring is 1. The van der Waals surface area contributed by atoms with Crippen molar-refractivity contribution in [3.63, 3.8) is 0 Å². The number of aryl methyl sites for hydroxylation is 1. The molecule has 0 aromatic heterocycles. The summed E-state index contributed by atoms with van der Waals surface area (Å²) in [6, 6.07) is 11.1. The number of benzene rings is 2. The van der Waals surface area contributed by atoms with E-state index >= 15 is 0 Å². The Kier molecular flexibility index (Phi) is 9.68. The maximum Gasteiger partial charge on any atom is 0.333 e. The molecule has 10 heteroatoms. The Balaban J connectivity index is 2.38. The summed E-state index contributed by atoms with van der Waals surface area (Å²) in [5.74, 6) is -0.542. The van der Waals surface area contributed by atoms with E-state index in [9.17, 15) is 13.2 Å². The van der Waals surface area contributed by atoms with Crippen LogP contribution in [0.25, 0.3) is 0 Å². The zero-order valence-corrected chi connectivity index (χ0v) is 20.1. The lowest BCUT2D eigenvalue weighted by molar-refractivity contribution is -0.144. The van der Waals surface area contributed by atoms with Crippen LogP contribution in [0.4, 0.5) is 11.4 Å². The summed E-state index contributed by atoms with van der Waals surface area (Å²) in [5, 5.41) is 10.7. The van der Waals surface area contributed by atoms with Crippen LogP contribution >= 0.6 is 0 Å². The Hall–Kier alpha value is -3.11. The molecule has 0 aliphatic carbocycles. The maximum atomic E-state index is 12.8. The summed E-state index contributed by atoms with van der Waals surface area (Å²) >= 11 is 0. The van der Waals surface area contributed by atoms with Crippen molar-refractivity contribution in [3.8, 4) is 0 Å². The summed E-state index contributed by atoms with van der Waals surface area (Å²) in [4.78, 5) is 12.8. The van der Waals surface area contributed by atoms with Gasteiger partial charge in [0.15, 0.2) is 6.04 Å². The van der Waals surface area contributed by atoms with Gasteiger partial charge in [-0.3, -0.25) is 10.1 Å². The first kappa shape index (κ1) is 26.1. The summed E-state index contributed by atoms with van der Waals surface area (Å²) in [5.41, 5.74) is 8.49. The van der Waals surface area contributed by atoms with Crippen molar-refractivity contribution in [2.24, 2.45) is 5.73 Å². The van der Waals surface area contributed by atoms with Crippen LogP contribution in [0.5, 0.6) is 0 Å². The number of amidine groups is 1. The lowest BCUT2D eigenvalue weighted by Gasteiger charge is -2.21. The second-order valence-electron chi connectivity index (χ2n) is 7.49. The Bertz CT molecular complexity index is 1060. The molecule has 0 aliphatic heterocycles. The van der Waals surface area contributed by atoms with Crippen LogP contribution in [0.1, 0.15) is 56.3 Å². The normalized spacial score (nSPS) is 12.1. The largest absolute Gasteiger partial charge is 0.464 e. The predicted octanol–water partition coefficient (Wildman–Crippen LogP) is 3.30. The van der Waals surface area contributed by atoms with Crippen molar-refractivity contribution >= 4 is 33.4 Å². The number of carbonyl (C=O) groups excluding carboxylic acids is 1. The molecule has 2 aromatic carbocycles. The molecule has 1 atom stereocenters. The second-order valence-corrected chi connectivity index (χ2v) is 8.99. The van der Waals surface area contributed by atoms with Crippen LogP contribution in [0.3, 0.4) is 0 Å². The van der Waals surface area contributed by atoms with E-state index in [0.717, 1.165) is 18.4 Å². The Morgan fingerprint density at radius 3 is 2.36 bits per heavy atom. The molecule has 0 aliphatic rings. The van der Waals surface area contributed by atoms with Gasteiger partial charge in [-0.2, -0.15) is 13.1 Å². The fourth-order valence-corrected chi connectivity index (χ4v) is 4.05. The number of unbranched alkanes of at least 4 members (excludes halogenated alkanes) is 1. The van der Waals surface area contributed by atoms with Crippen molar-refractivity contribution < 1.29 is 17.9 Å². The van der Waals surface area contributed by atoms with Crippen molar-refractivity contribution in [3.05, 3.63) is 59.2 Å². The molecule has 2 aromatic rings. The SMILES string of the molecule is CCCCNS(=O)(=O)Nc1cc(CC)cc(C(Nc2ccc(C(=N)N)cc2)C(=O)OCC)c1. The van der Waals surface area contributed by atoms with Crippen LogP contribution in [-0.2, 0) is 26.2 Å². The van der Waals surface area contributed by atoms with Crippen molar-refractivity contribution in [2.75, 3.05) is 23.2 Å². The second kappa shape index (κ2) is 12.2. The van der Waals surface area contributed by atoms with Crippen LogP contribution in [0, 0.1) is 5.41 Å². The first-order valence-corrected chi connectivity index (χ1v) is 12.5. The zero-order chi connectivity index (χ0) is 24.4. The van der Waals surface area contributed by atoms with Gasteiger partial charge in [-0.25, -0.2) is 4.79 Å². The van der Waals surface area contributed by atoms with Crippen LogP contribution in [0.2, 0.25) is 0 Å². The number of nitrogens with two attached hydrogens (primary N) is 1. The molecule has 0 spiro atoms. The first-order valence-electron chi connectivity index (χ1n) is 11.0. The number of esters is 1. The number of hydrogen-bond donors (Lipinski definition) is 5. The predicted molar refractivity (Wildman–Crippen MR) is 132 cm³/mol. The molecule has 33 heavy (non-hydrogen) atoms. The zero-order valence-electron chi connectivity index (χ0n) is 19.3. The van der Waals surface area contributed by atoms with Gasteiger partial charge in [0, 0.05) is 17.8 Å². The van der Waals surface area contributed by atoms with Gasteiger partial charge < -0.3 is 15.8 Å². The van der Waals surface area contributed by atoms with Crippen LogP contribution in [0.15, 0.2) is 42.5 Å². The van der Waals surface area contributed by atoms with Gasteiger partial charge in [0.1, 0.15) is 5.84 Å².